The van der Waals surface area contributed by atoms with Gasteiger partial charge in [0.05, 0.1) is 12.3 Å². The van der Waals surface area contributed by atoms with Crippen LogP contribution in [0.15, 0.2) is 78.0 Å². The second-order valence-electron chi connectivity index (χ2n) is 7.30. The monoisotopic (exact) mass is 424 g/mol. The third-order valence-electron chi connectivity index (χ3n) is 4.98. The van der Waals surface area contributed by atoms with Crippen molar-refractivity contribution >= 4 is 11.6 Å². The summed E-state index contributed by atoms with van der Waals surface area (Å²) in [4.78, 5) is 20.1. The minimum Gasteiger partial charge on any atom is -0.390 e. The quantitative estimate of drug-likeness (QED) is 0.563. The fourth-order valence-corrected chi connectivity index (χ4v) is 3.42. The van der Waals surface area contributed by atoms with Crippen LogP contribution in [0.25, 0.3) is 0 Å². The first-order valence-electron chi connectivity index (χ1n) is 9.76. The van der Waals surface area contributed by atoms with Crippen LogP contribution >= 0.6 is 0 Å². The minimum atomic E-state index is -0.508. The predicted molar refractivity (Wildman–Crippen MR) is 110 cm³/mol. The molecule has 0 saturated heterocycles. The zero-order valence-corrected chi connectivity index (χ0v) is 16.5. The van der Waals surface area contributed by atoms with Crippen molar-refractivity contribution in [3.63, 3.8) is 0 Å². The van der Waals surface area contributed by atoms with Gasteiger partial charge in [0.1, 0.15) is 17.5 Å². The molecule has 3 aromatic carbocycles. The Bertz CT molecular complexity index is 1100. The van der Waals surface area contributed by atoms with Gasteiger partial charge in [-0.3, -0.25) is 4.79 Å². The molecule has 31 heavy (non-hydrogen) atoms. The van der Waals surface area contributed by atoms with E-state index in [-0.39, 0.29) is 36.2 Å². The van der Waals surface area contributed by atoms with E-state index in [4.69, 9.17) is 4.84 Å². The van der Waals surface area contributed by atoms with Crippen LogP contribution in [0.3, 0.4) is 0 Å². The maximum absolute atomic E-state index is 13.7. The molecule has 0 unspecified atom stereocenters. The Morgan fingerprint density at radius 2 is 1.61 bits per heavy atom. The number of amides is 1. The molecule has 1 aliphatic heterocycles. The van der Waals surface area contributed by atoms with E-state index in [1.807, 2.05) is 0 Å². The summed E-state index contributed by atoms with van der Waals surface area (Å²) in [5, 5.41) is 4.08. The summed E-state index contributed by atoms with van der Waals surface area (Å²) in [5.41, 5.74) is 2.33. The van der Waals surface area contributed by atoms with Gasteiger partial charge in [-0.05, 0) is 53.6 Å². The molecule has 1 atom stereocenters. The van der Waals surface area contributed by atoms with E-state index < -0.39 is 11.9 Å². The highest BCUT2D eigenvalue weighted by Crippen LogP contribution is 2.20. The molecule has 0 N–H and O–H groups in total. The van der Waals surface area contributed by atoms with Crippen molar-refractivity contribution in [2.75, 3.05) is 6.54 Å². The zero-order chi connectivity index (χ0) is 21.8. The summed E-state index contributed by atoms with van der Waals surface area (Å²) in [5.74, 6) is -1.59. The van der Waals surface area contributed by atoms with Crippen LogP contribution in [0.4, 0.5) is 13.2 Å². The van der Waals surface area contributed by atoms with Gasteiger partial charge in [0.2, 0.25) is 0 Å². The molecule has 7 heteroatoms. The average molecular weight is 424 g/mol. The SMILES string of the molecule is O=C(c1cccc(F)c1)N(Cc1ccc(F)cc1)C[C@@H]1CC(c2ccc(F)cc2)=NO1. The third-order valence-corrected chi connectivity index (χ3v) is 4.98. The first kappa shape index (κ1) is 20.7. The minimum absolute atomic E-state index is 0.195. The number of carbonyl (C=O) groups is 1. The fraction of sp³-hybridized carbons (Fsp3) is 0.167. The zero-order valence-electron chi connectivity index (χ0n) is 16.5. The molecule has 1 aliphatic rings. The second kappa shape index (κ2) is 9.04. The predicted octanol–water partition coefficient (Wildman–Crippen LogP) is 4.94. The Morgan fingerprint density at radius 1 is 0.935 bits per heavy atom. The Balaban J connectivity index is 1.51. The van der Waals surface area contributed by atoms with E-state index in [1.165, 1.54) is 47.4 Å². The molecule has 1 amide bonds. The molecule has 0 spiro atoms. The average Bonchev–Trinajstić information content (AvgIpc) is 3.23. The number of benzene rings is 3. The van der Waals surface area contributed by atoms with Crippen LogP contribution in [0.5, 0.6) is 0 Å². The van der Waals surface area contributed by atoms with Gasteiger partial charge in [-0.15, -0.1) is 0 Å². The normalized spacial score (nSPS) is 15.3. The van der Waals surface area contributed by atoms with Crippen LogP contribution in [0, 0.1) is 17.5 Å². The van der Waals surface area contributed by atoms with E-state index in [2.05, 4.69) is 5.16 Å². The van der Waals surface area contributed by atoms with Crippen molar-refractivity contribution in [1.29, 1.82) is 0 Å². The first-order chi connectivity index (χ1) is 15.0. The molecule has 0 aliphatic carbocycles. The molecular formula is C24H19F3N2O2. The van der Waals surface area contributed by atoms with Gasteiger partial charge in [-0.2, -0.15) is 0 Å². The topological polar surface area (TPSA) is 41.9 Å². The lowest BCUT2D eigenvalue weighted by Crippen LogP contribution is -2.37. The van der Waals surface area contributed by atoms with Gasteiger partial charge in [0.25, 0.3) is 5.91 Å². The highest BCUT2D eigenvalue weighted by atomic mass is 19.1. The van der Waals surface area contributed by atoms with Gasteiger partial charge >= 0.3 is 0 Å². The maximum atomic E-state index is 13.7. The Kier molecular flexibility index (Phi) is 6.02. The molecule has 158 valence electrons. The fourth-order valence-electron chi connectivity index (χ4n) is 3.42. The van der Waals surface area contributed by atoms with Crippen molar-refractivity contribution in [2.24, 2.45) is 5.16 Å². The number of oxime groups is 1. The third kappa shape index (κ3) is 5.12. The summed E-state index contributed by atoms with van der Waals surface area (Å²) in [6.07, 6.45) is 0.0140. The Labute approximate surface area is 177 Å². The summed E-state index contributed by atoms with van der Waals surface area (Å²) in [7, 11) is 0. The van der Waals surface area contributed by atoms with Crippen molar-refractivity contribution in [1.82, 2.24) is 4.90 Å². The lowest BCUT2D eigenvalue weighted by atomic mass is 10.0. The summed E-state index contributed by atoms with van der Waals surface area (Å²) >= 11 is 0. The molecule has 4 rings (SSSR count). The Morgan fingerprint density at radius 3 is 2.29 bits per heavy atom. The Hall–Kier alpha value is -3.61. The molecule has 0 aromatic heterocycles. The molecular weight excluding hydrogens is 405 g/mol. The standard InChI is InChI=1S/C24H19F3N2O2/c25-19-8-4-16(5-9-19)14-29(24(30)18-2-1-3-21(27)12-18)15-22-13-23(28-31-22)17-6-10-20(26)11-7-17/h1-12,22H,13-15H2/t22-/m0/s1. The van der Waals surface area contributed by atoms with Gasteiger partial charge in [-0.25, -0.2) is 13.2 Å². The van der Waals surface area contributed by atoms with Crippen molar-refractivity contribution in [3.8, 4) is 0 Å². The number of nitrogens with zero attached hydrogens (tertiary/aromatic N) is 2. The van der Waals surface area contributed by atoms with Crippen LogP contribution in [-0.4, -0.2) is 29.2 Å². The number of hydrogen-bond donors (Lipinski definition) is 0. The highest BCUT2D eigenvalue weighted by molar-refractivity contribution is 6.01. The number of hydrogen-bond acceptors (Lipinski definition) is 3. The summed E-state index contributed by atoms with van der Waals surface area (Å²) in [6, 6.07) is 17.2. The maximum Gasteiger partial charge on any atom is 0.254 e. The van der Waals surface area contributed by atoms with Crippen LogP contribution in [0.2, 0.25) is 0 Å². The lowest BCUT2D eigenvalue weighted by Gasteiger charge is -2.25. The van der Waals surface area contributed by atoms with E-state index in [0.29, 0.717) is 12.1 Å². The van der Waals surface area contributed by atoms with Crippen molar-refractivity contribution in [2.45, 2.75) is 19.1 Å². The van der Waals surface area contributed by atoms with Gasteiger partial charge in [0.15, 0.2) is 6.10 Å². The van der Waals surface area contributed by atoms with Crippen LogP contribution in [-0.2, 0) is 11.4 Å². The summed E-state index contributed by atoms with van der Waals surface area (Å²) < 4.78 is 40.1. The smallest absolute Gasteiger partial charge is 0.254 e. The largest absolute Gasteiger partial charge is 0.390 e. The molecule has 3 aromatic rings. The van der Waals surface area contributed by atoms with E-state index in [1.54, 1.807) is 30.3 Å². The molecule has 0 saturated carbocycles. The van der Waals surface area contributed by atoms with Gasteiger partial charge in [0, 0.05) is 18.5 Å². The lowest BCUT2D eigenvalue weighted by molar-refractivity contribution is 0.0405. The van der Waals surface area contributed by atoms with E-state index in [9.17, 15) is 18.0 Å². The van der Waals surface area contributed by atoms with Gasteiger partial charge in [-0.1, -0.05) is 35.5 Å². The molecule has 4 nitrogen and oxygen atoms in total. The number of rotatable bonds is 6. The van der Waals surface area contributed by atoms with E-state index >= 15 is 0 Å². The molecule has 0 fully saturated rings. The number of halogens is 3. The molecule has 0 bridgehead atoms. The second-order valence-corrected chi connectivity index (χ2v) is 7.30. The van der Waals surface area contributed by atoms with Gasteiger partial charge < -0.3 is 9.74 Å². The van der Waals surface area contributed by atoms with Crippen molar-refractivity contribution < 1.29 is 22.8 Å². The summed E-state index contributed by atoms with van der Waals surface area (Å²) in [6.45, 7) is 0.391. The molecule has 0 radical (unpaired) electrons. The van der Waals surface area contributed by atoms with Crippen molar-refractivity contribution in [3.05, 3.63) is 107 Å². The first-order valence-corrected chi connectivity index (χ1v) is 9.76. The number of carbonyl (C=O) groups excluding carboxylic acids is 1. The van der Waals surface area contributed by atoms with Crippen LogP contribution in [0.1, 0.15) is 27.9 Å². The van der Waals surface area contributed by atoms with Crippen LogP contribution < -0.4 is 0 Å². The van der Waals surface area contributed by atoms with E-state index in [0.717, 1.165) is 11.1 Å². The molecule has 1 heterocycles. The highest BCUT2D eigenvalue weighted by Gasteiger charge is 2.27.